The van der Waals surface area contributed by atoms with Crippen molar-refractivity contribution in [2.75, 3.05) is 19.6 Å². The zero-order valence-electron chi connectivity index (χ0n) is 17.4. The van der Waals surface area contributed by atoms with Crippen molar-refractivity contribution in [2.24, 2.45) is 5.92 Å². The monoisotopic (exact) mass is 491 g/mol. The van der Waals surface area contributed by atoms with Crippen molar-refractivity contribution >= 4 is 46.1 Å². The fraction of sp³-hybridized carbons (Fsp3) is 0.348. The van der Waals surface area contributed by atoms with E-state index >= 15 is 0 Å². The summed E-state index contributed by atoms with van der Waals surface area (Å²) in [4.78, 5) is 32.5. The zero-order chi connectivity index (χ0) is 22.5. The van der Waals surface area contributed by atoms with Gasteiger partial charge in [-0.2, -0.15) is 0 Å². The van der Waals surface area contributed by atoms with E-state index in [2.05, 4.69) is 10.3 Å². The lowest BCUT2D eigenvalue weighted by Gasteiger charge is -2.31. The van der Waals surface area contributed by atoms with Gasteiger partial charge >= 0.3 is 0 Å². The van der Waals surface area contributed by atoms with Gasteiger partial charge in [0.05, 0.1) is 21.3 Å². The highest BCUT2D eigenvalue weighted by Crippen LogP contribution is 2.33. The Bertz CT molecular complexity index is 1090. The van der Waals surface area contributed by atoms with Gasteiger partial charge in [0, 0.05) is 30.9 Å². The van der Waals surface area contributed by atoms with E-state index in [-0.39, 0.29) is 30.0 Å². The van der Waals surface area contributed by atoms with Gasteiger partial charge in [-0.1, -0.05) is 29.8 Å². The number of carbonyl (C=O) groups is 2. The third-order valence-corrected chi connectivity index (χ3v) is 7.83. The second-order valence-corrected chi connectivity index (χ2v) is 10.3. The number of thiophene rings is 1. The highest BCUT2D eigenvalue weighted by atomic mass is 35.5. The van der Waals surface area contributed by atoms with E-state index in [4.69, 9.17) is 11.6 Å². The number of aromatic nitrogens is 1. The largest absolute Gasteiger partial charge is 0.356 e. The Balaban J connectivity index is 1.21. The molecule has 3 heterocycles. The van der Waals surface area contributed by atoms with Gasteiger partial charge in [0.2, 0.25) is 11.8 Å². The van der Waals surface area contributed by atoms with Crippen LogP contribution in [0.5, 0.6) is 0 Å². The first-order chi connectivity index (χ1) is 15.5. The third kappa shape index (κ3) is 5.74. The second-order valence-electron chi connectivity index (χ2n) is 7.71. The van der Waals surface area contributed by atoms with E-state index in [9.17, 15) is 14.0 Å². The summed E-state index contributed by atoms with van der Waals surface area (Å²) in [7, 11) is 0. The molecular weight excluding hydrogens is 469 g/mol. The maximum Gasteiger partial charge on any atom is 0.228 e. The van der Waals surface area contributed by atoms with Crippen LogP contribution < -0.4 is 5.32 Å². The summed E-state index contributed by atoms with van der Waals surface area (Å²) in [5.74, 6) is -0.356. The molecule has 3 aromatic rings. The van der Waals surface area contributed by atoms with Crippen molar-refractivity contribution in [1.82, 2.24) is 15.2 Å². The number of nitrogens with zero attached hydrogens (tertiary/aromatic N) is 2. The Morgan fingerprint density at radius 1 is 1.19 bits per heavy atom. The molecule has 0 unspecified atom stereocenters. The lowest BCUT2D eigenvalue weighted by molar-refractivity contribution is -0.135. The number of hydrogen-bond acceptors (Lipinski definition) is 5. The Morgan fingerprint density at radius 2 is 1.97 bits per heavy atom. The predicted octanol–water partition coefficient (Wildman–Crippen LogP) is 4.80. The number of rotatable bonds is 7. The average molecular weight is 492 g/mol. The Morgan fingerprint density at radius 3 is 2.69 bits per heavy atom. The predicted molar refractivity (Wildman–Crippen MR) is 127 cm³/mol. The quantitative estimate of drug-likeness (QED) is 0.516. The van der Waals surface area contributed by atoms with Crippen molar-refractivity contribution in [1.29, 1.82) is 0 Å². The highest BCUT2D eigenvalue weighted by molar-refractivity contribution is 7.23. The Hall–Kier alpha value is -2.29. The molecule has 168 valence electrons. The number of hydrogen-bond donors (Lipinski definition) is 1. The minimum absolute atomic E-state index is 0.0211. The number of nitrogens with one attached hydrogen (secondary N) is 1. The minimum Gasteiger partial charge on any atom is -0.356 e. The standard InChI is InChI=1S/C23H23ClFN3O2S2/c24-20-6-5-19(32-20)23-27-17(14-31-23)13-21(29)28-11-8-16(9-12-28)22(30)26-10-7-15-3-1-2-4-18(15)25/h1-6,14,16H,7-13H2,(H,26,30). The van der Waals surface area contributed by atoms with Crippen LogP contribution in [-0.4, -0.2) is 41.3 Å². The number of carbonyl (C=O) groups excluding carboxylic acids is 2. The van der Waals surface area contributed by atoms with Gasteiger partial charge in [0.15, 0.2) is 0 Å². The van der Waals surface area contributed by atoms with Gasteiger partial charge in [0.1, 0.15) is 10.8 Å². The summed E-state index contributed by atoms with van der Waals surface area (Å²) in [5.41, 5.74) is 1.35. The molecule has 0 radical (unpaired) electrons. The summed E-state index contributed by atoms with van der Waals surface area (Å²) >= 11 is 8.97. The highest BCUT2D eigenvalue weighted by Gasteiger charge is 2.27. The molecule has 0 spiro atoms. The Kier molecular flexibility index (Phi) is 7.55. The molecule has 1 N–H and O–H groups in total. The van der Waals surface area contributed by atoms with Gasteiger partial charge in [-0.05, 0) is 43.0 Å². The number of thiazole rings is 1. The summed E-state index contributed by atoms with van der Waals surface area (Å²) in [6.45, 7) is 1.52. The first-order valence-electron chi connectivity index (χ1n) is 10.5. The lowest BCUT2D eigenvalue weighted by Crippen LogP contribution is -2.43. The SMILES string of the molecule is O=C(NCCc1ccccc1F)C1CCN(C(=O)Cc2csc(-c3ccc(Cl)s3)n2)CC1. The number of likely N-dealkylation sites (tertiary alicyclic amines) is 1. The molecule has 4 rings (SSSR count). The van der Waals surface area contributed by atoms with E-state index in [0.29, 0.717) is 48.8 Å². The van der Waals surface area contributed by atoms with Crippen molar-refractivity contribution in [3.63, 3.8) is 0 Å². The van der Waals surface area contributed by atoms with E-state index in [0.717, 1.165) is 15.6 Å². The number of benzene rings is 1. The van der Waals surface area contributed by atoms with Crippen LogP contribution in [0.1, 0.15) is 24.1 Å². The van der Waals surface area contributed by atoms with Crippen LogP contribution in [0, 0.1) is 11.7 Å². The van der Waals surface area contributed by atoms with Crippen molar-refractivity contribution in [3.05, 3.63) is 63.2 Å². The van der Waals surface area contributed by atoms with E-state index in [1.807, 2.05) is 22.4 Å². The van der Waals surface area contributed by atoms with Crippen molar-refractivity contribution in [2.45, 2.75) is 25.7 Å². The van der Waals surface area contributed by atoms with Crippen molar-refractivity contribution in [3.8, 4) is 9.88 Å². The van der Waals surface area contributed by atoms with Crippen LogP contribution in [0.2, 0.25) is 4.34 Å². The number of halogens is 2. The van der Waals surface area contributed by atoms with Crippen LogP contribution in [0.15, 0.2) is 41.8 Å². The molecule has 9 heteroatoms. The first kappa shape index (κ1) is 22.9. The summed E-state index contributed by atoms with van der Waals surface area (Å²) in [6.07, 6.45) is 1.98. The normalized spacial score (nSPS) is 14.5. The van der Waals surface area contributed by atoms with Crippen LogP contribution in [0.4, 0.5) is 4.39 Å². The second kappa shape index (κ2) is 10.6. The fourth-order valence-corrected chi connectivity index (χ4v) is 5.69. The van der Waals surface area contributed by atoms with Gasteiger partial charge < -0.3 is 10.2 Å². The third-order valence-electron chi connectivity index (χ3n) is 5.54. The first-order valence-corrected chi connectivity index (χ1v) is 12.6. The molecule has 1 aromatic carbocycles. The number of piperidine rings is 1. The smallest absolute Gasteiger partial charge is 0.228 e. The lowest BCUT2D eigenvalue weighted by atomic mass is 9.95. The molecule has 32 heavy (non-hydrogen) atoms. The molecule has 0 aliphatic carbocycles. The maximum atomic E-state index is 13.7. The topological polar surface area (TPSA) is 62.3 Å². The van der Waals surface area contributed by atoms with E-state index < -0.39 is 0 Å². The molecule has 1 fully saturated rings. The molecule has 0 atom stereocenters. The maximum absolute atomic E-state index is 13.7. The molecule has 1 saturated heterocycles. The van der Waals surface area contributed by atoms with Crippen LogP contribution in [0.25, 0.3) is 9.88 Å². The Labute approximate surface area is 199 Å². The van der Waals surface area contributed by atoms with Gasteiger partial charge in [-0.3, -0.25) is 9.59 Å². The molecular formula is C23H23ClFN3O2S2. The van der Waals surface area contributed by atoms with Gasteiger partial charge in [0.25, 0.3) is 0 Å². The van der Waals surface area contributed by atoms with Crippen LogP contribution in [-0.2, 0) is 22.4 Å². The molecule has 5 nitrogen and oxygen atoms in total. The van der Waals surface area contributed by atoms with Crippen LogP contribution in [0.3, 0.4) is 0 Å². The van der Waals surface area contributed by atoms with E-state index in [1.165, 1.54) is 28.7 Å². The average Bonchev–Trinajstić information content (AvgIpc) is 3.44. The number of amides is 2. The van der Waals surface area contributed by atoms with Gasteiger partial charge in [-0.15, -0.1) is 22.7 Å². The summed E-state index contributed by atoms with van der Waals surface area (Å²) in [6, 6.07) is 10.4. The minimum atomic E-state index is -0.250. The van der Waals surface area contributed by atoms with Crippen LogP contribution >= 0.6 is 34.3 Å². The molecule has 2 amide bonds. The fourth-order valence-electron chi connectivity index (χ4n) is 3.75. The van der Waals surface area contributed by atoms with E-state index in [1.54, 1.807) is 18.2 Å². The van der Waals surface area contributed by atoms with Gasteiger partial charge in [-0.25, -0.2) is 9.37 Å². The zero-order valence-corrected chi connectivity index (χ0v) is 19.7. The summed E-state index contributed by atoms with van der Waals surface area (Å²) < 4.78 is 14.4. The molecule has 0 saturated carbocycles. The molecule has 0 bridgehead atoms. The summed E-state index contributed by atoms with van der Waals surface area (Å²) in [5, 5.41) is 5.69. The molecule has 1 aliphatic rings. The molecule has 2 aromatic heterocycles. The van der Waals surface area contributed by atoms with Crippen molar-refractivity contribution < 1.29 is 14.0 Å². The molecule has 1 aliphatic heterocycles.